The van der Waals surface area contributed by atoms with Crippen LogP contribution in [0.15, 0.2) is 30.6 Å². The predicted molar refractivity (Wildman–Crippen MR) is 57.0 cm³/mol. The number of hydrogen-bond acceptors (Lipinski definition) is 5. The van der Waals surface area contributed by atoms with Crippen LogP contribution in [0, 0.1) is 6.92 Å². The second kappa shape index (κ2) is 4.57. The van der Waals surface area contributed by atoms with Gasteiger partial charge in [-0.15, -0.1) is 0 Å². The van der Waals surface area contributed by atoms with E-state index in [-0.39, 0.29) is 12.5 Å². The molecule has 0 radical (unpaired) electrons. The molecule has 0 atom stereocenters. The largest absolute Gasteiger partial charge is 0.493 e. The molecule has 0 unspecified atom stereocenters. The van der Waals surface area contributed by atoms with Gasteiger partial charge in [0.2, 0.25) is 11.8 Å². The summed E-state index contributed by atoms with van der Waals surface area (Å²) in [6.45, 7) is 1.91. The first-order valence-corrected chi connectivity index (χ1v) is 4.81. The maximum absolute atomic E-state index is 9.52. The van der Waals surface area contributed by atoms with E-state index in [1.165, 1.54) is 0 Å². The minimum atomic E-state index is -0.0524. The Labute approximate surface area is 92.8 Å². The average Bonchev–Trinajstić information content (AvgIpc) is 2.29. The summed E-state index contributed by atoms with van der Waals surface area (Å²) in [6.07, 6.45) is 3.18. The Bertz CT molecular complexity index is 474. The van der Waals surface area contributed by atoms with Gasteiger partial charge in [-0.3, -0.25) is 0 Å². The topological polar surface area (TPSA) is 68.1 Å². The molecule has 2 aromatic rings. The van der Waals surface area contributed by atoms with Crippen molar-refractivity contribution in [3.05, 3.63) is 42.0 Å². The third-order valence-corrected chi connectivity index (χ3v) is 1.98. The first-order valence-electron chi connectivity index (χ1n) is 4.81. The lowest BCUT2D eigenvalue weighted by Gasteiger charge is -2.05. The highest BCUT2D eigenvalue weighted by Gasteiger charge is 2.04. The predicted octanol–water partition coefficient (Wildman–Crippen LogP) is 1.46. The molecule has 2 heterocycles. The number of aromatic hydroxyl groups is 1. The lowest BCUT2D eigenvalue weighted by molar-refractivity contribution is 0.285. The highest BCUT2D eigenvalue weighted by Crippen LogP contribution is 2.14. The van der Waals surface area contributed by atoms with Crippen molar-refractivity contribution in [3.8, 4) is 11.8 Å². The Kier molecular flexibility index (Phi) is 2.95. The SMILES string of the molecule is Cc1ncc(COc2ccccn2)c(O)n1. The number of pyridine rings is 1. The lowest BCUT2D eigenvalue weighted by atomic mass is 10.3. The van der Waals surface area contributed by atoms with Crippen LogP contribution in [0.5, 0.6) is 11.8 Å². The summed E-state index contributed by atoms with van der Waals surface area (Å²) in [5.41, 5.74) is 0.538. The summed E-state index contributed by atoms with van der Waals surface area (Å²) in [4.78, 5) is 11.8. The highest BCUT2D eigenvalue weighted by atomic mass is 16.5. The van der Waals surface area contributed by atoms with Gasteiger partial charge < -0.3 is 9.84 Å². The summed E-state index contributed by atoms with van der Waals surface area (Å²) in [6, 6.07) is 5.37. The molecule has 5 nitrogen and oxygen atoms in total. The molecule has 0 bridgehead atoms. The number of hydrogen-bond donors (Lipinski definition) is 1. The van der Waals surface area contributed by atoms with Crippen molar-refractivity contribution >= 4 is 0 Å². The van der Waals surface area contributed by atoms with Crippen LogP contribution in [0.4, 0.5) is 0 Å². The molecule has 0 saturated heterocycles. The molecule has 5 heteroatoms. The van der Waals surface area contributed by atoms with Gasteiger partial charge in [0.1, 0.15) is 12.4 Å². The maximum atomic E-state index is 9.52. The van der Waals surface area contributed by atoms with E-state index in [2.05, 4.69) is 15.0 Å². The van der Waals surface area contributed by atoms with Crippen LogP contribution in [0.3, 0.4) is 0 Å². The zero-order valence-corrected chi connectivity index (χ0v) is 8.79. The van der Waals surface area contributed by atoms with Crippen LogP contribution < -0.4 is 4.74 Å². The molecule has 0 saturated carbocycles. The van der Waals surface area contributed by atoms with Crippen molar-refractivity contribution < 1.29 is 9.84 Å². The van der Waals surface area contributed by atoms with Gasteiger partial charge >= 0.3 is 0 Å². The second-order valence-corrected chi connectivity index (χ2v) is 3.22. The Morgan fingerprint density at radius 2 is 2.19 bits per heavy atom. The normalized spacial score (nSPS) is 10.1. The molecule has 0 aliphatic carbocycles. The fourth-order valence-electron chi connectivity index (χ4n) is 1.17. The number of nitrogens with zero attached hydrogens (tertiary/aromatic N) is 3. The van der Waals surface area contributed by atoms with Gasteiger partial charge in [0.25, 0.3) is 0 Å². The third kappa shape index (κ3) is 2.44. The fourth-order valence-corrected chi connectivity index (χ4v) is 1.17. The summed E-state index contributed by atoms with van der Waals surface area (Å²) < 4.78 is 5.36. The van der Waals surface area contributed by atoms with Crippen LogP contribution in [-0.4, -0.2) is 20.1 Å². The number of rotatable bonds is 3. The van der Waals surface area contributed by atoms with Crippen molar-refractivity contribution in [1.29, 1.82) is 0 Å². The van der Waals surface area contributed by atoms with Gasteiger partial charge in [-0.2, -0.15) is 4.98 Å². The van der Waals surface area contributed by atoms with Crippen molar-refractivity contribution in [2.75, 3.05) is 0 Å². The van der Waals surface area contributed by atoms with Crippen LogP contribution >= 0.6 is 0 Å². The Balaban J connectivity index is 2.05. The molecule has 0 spiro atoms. The molecule has 0 aliphatic rings. The van der Waals surface area contributed by atoms with Gasteiger partial charge in [-0.25, -0.2) is 9.97 Å². The van der Waals surface area contributed by atoms with E-state index < -0.39 is 0 Å². The number of ether oxygens (including phenoxy) is 1. The molecule has 0 amide bonds. The summed E-state index contributed by atoms with van der Waals surface area (Å²) >= 11 is 0. The van der Waals surface area contributed by atoms with Gasteiger partial charge in [0, 0.05) is 18.5 Å². The van der Waals surface area contributed by atoms with Gasteiger partial charge in [0.15, 0.2) is 0 Å². The second-order valence-electron chi connectivity index (χ2n) is 3.22. The molecule has 0 aliphatic heterocycles. The number of aromatic nitrogens is 3. The quantitative estimate of drug-likeness (QED) is 0.843. The molecular formula is C11H11N3O2. The smallest absolute Gasteiger partial charge is 0.220 e. The minimum absolute atomic E-state index is 0.0524. The minimum Gasteiger partial charge on any atom is -0.493 e. The van der Waals surface area contributed by atoms with E-state index in [0.29, 0.717) is 17.3 Å². The Morgan fingerprint density at radius 3 is 2.88 bits per heavy atom. The van der Waals surface area contributed by atoms with E-state index in [0.717, 1.165) is 0 Å². The van der Waals surface area contributed by atoms with Crippen molar-refractivity contribution in [3.63, 3.8) is 0 Å². The summed E-state index contributed by atoms with van der Waals surface area (Å²) in [5, 5.41) is 9.52. The first kappa shape index (κ1) is 10.4. The summed E-state index contributed by atoms with van der Waals surface area (Å²) in [5.74, 6) is 0.977. The van der Waals surface area contributed by atoms with Gasteiger partial charge in [-0.1, -0.05) is 6.07 Å². The molecule has 1 N–H and O–H groups in total. The van der Waals surface area contributed by atoms with E-state index in [1.54, 1.807) is 31.5 Å². The molecule has 2 aromatic heterocycles. The first-order chi connectivity index (χ1) is 7.75. The molecule has 16 heavy (non-hydrogen) atoms. The summed E-state index contributed by atoms with van der Waals surface area (Å²) in [7, 11) is 0. The van der Waals surface area contributed by atoms with E-state index in [4.69, 9.17) is 4.74 Å². The molecule has 0 aromatic carbocycles. The molecular weight excluding hydrogens is 206 g/mol. The fraction of sp³-hybridized carbons (Fsp3) is 0.182. The van der Waals surface area contributed by atoms with E-state index in [9.17, 15) is 5.11 Å². The molecule has 2 rings (SSSR count). The van der Waals surface area contributed by atoms with Crippen LogP contribution in [0.1, 0.15) is 11.4 Å². The van der Waals surface area contributed by atoms with Crippen molar-refractivity contribution in [1.82, 2.24) is 15.0 Å². The Hall–Kier alpha value is -2.17. The highest BCUT2D eigenvalue weighted by molar-refractivity contribution is 5.22. The zero-order valence-electron chi connectivity index (χ0n) is 8.79. The monoisotopic (exact) mass is 217 g/mol. The van der Waals surface area contributed by atoms with Crippen LogP contribution in [0.25, 0.3) is 0 Å². The van der Waals surface area contributed by atoms with Crippen LogP contribution in [-0.2, 0) is 6.61 Å². The van der Waals surface area contributed by atoms with E-state index in [1.807, 2.05) is 6.07 Å². The van der Waals surface area contributed by atoms with Crippen molar-refractivity contribution in [2.24, 2.45) is 0 Å². The van der Waals surface area contributed by atoms with E-state index >= 15 is 0 Å². The van der Waals surface area contributed by atoms with Gasteiger partial charge in [0.05, 0.1) is 5.56 Å². The molecule has 82 valence electrons. The van der Waals surface area contributed by atoms with Crippen LogP contribution in [0.2, 0.25) is 0 Å². The average molecular weight is 217 g/mol. The lowest BCUT2D eigenvalue weighted by Crippen LogP contribution is -2.00. The number of aryl methyl sites for hydroxylation is 1. The third-order valence-electron chi connectivity index (χ3n) is 1.98. The van der Waals surface area contributed by atoms with Gasteiger partial charge in [-0.05, 0) is 13.0 Å². The zero-order chi connectivity index (χ0) is 11.4. The molecule has 0 fully saturated rings. The maximum Gasteiger partial charge on any atom is 0.220 e. The van der Waals surface area contributed by atoms with Crippen molar-refractivity contribution in [2.45, 2.75) is 13.5 Å². The standard InChI is InChI=1S/C11H11N3O2/c1-8-13-6-9(11(15)14-8)7-16-10-4-2-3-5-12-10/h2-6H,7H2,1H3,(H,13,14,15). The Morgan fingerprint density at radius 1 is 1.31 bits per heavy atom.